The fourth-order valence-corrected chi connectivity index (χ4v) is 4.98. The second kappa shape index (κ2) is 5.58. The average Bonchev–Trinajstić information content (AvgIpc) is 2.89. The quantitative estimate of drug-likeness (QED) is 0.859. The molecule has 106 valence electrons. The number of aliphatic hydroxyl groups is 1. The first-order valence-electron chi connectivity index (χ1n) is 5.88. The summed E-state index contributed by atoms with van der Waals surface area (Å²) >= 11 is 0.900. The lowest BCUT2D eigenvalue weighted by Crippen LogP contribution is -2.41. The largest absolute Gasteiger partial charge is 0.477 e. The van der Waals surface area contributed by atoms with Crippen molar-refractivity contribution in [3.05, 3.63) is 16.3 Å². The van der Waals surface area contributed by atoms with E-state index < -0.39 is 16.0 Å². The summed E-state index contributed by atoms with van der Waals surface area (Å²) in [4.78, 5) is 10.7. The molecule has 0 amide bonds. The molecule has 8 heteroatoms. The van der Waals surface area contributed by atoms with Crippen LogP contribution < -0.4 is 0 Å². The number of thiophene rings is 1. The fraction of sp³-hybridized carbons (Fsp3) is 0.545. The molecule has 2 rings (SSSR count). The van der Waals surface area contributed by atoms with Crippen molar-refractivity contribution >= 4 is 27.3 Å². The van der Waals surface area contributed by atoms with Crippen LogP contribution >= 0.6 is 11.3 Å². The van der Waals surface area contributed by atoms with Gasteiger partial charge in [0.2, 0.25) is 10.0 Å². The lowest BCUT2D eigenvalue weighted by atomic mass is 10.0. The molecule has 0 radical (unpaired) electrons. The van der Waals surface area contributed by atoms with Gasteiger partial charge in [0.25, 0.3) is 0 Å². The van der Waals surface area contributed by atoms with Crippen LogP contribution in [0.25, 0.3) is 0 Å². The van der Waals surface area contributed by atoms with E-state index >= 15 is 0 Å². The van der Waals surface area contributed by atoms with Gasteiger partial charge in [-0.05, 0) is 30.2 Å². The molecule has 1 atom stereocenters. The second-order valence-corrected chi connectivity index (χ2v) is 7.30. The van der Waals surface area contributed by atoms with Gasteiger partial charge in [0.1, 0.15) is 9.77 Å². The average molecular weight is 305 g/mol. The molecule has 0 bridgehead atoms. The summed E-state index contributed by atoms with van der Waals surface area (Å²) in [6.45, 7) is 0.558. The third kappa shape index (κ3) is 2.81. The maximum absolute atomic E-state index is 12.4. The number of carboxylic acids is 1. The molecule has 0 spiro atoms. The lowest BCUT2D eigenvalue weighted by molar-refractivity contribution is 0.0698. The van der Waals surface area contributed by atoms with Gasteiger partial charge < -0.3 is 10.2 Å². The first kappa shape index (κ1) is 14.4. The van der Waals surface area contributed by atoms with Crippen molar-refractivity contribution in [2.75, 3.05) is 19.7 Å². The zero-order valence-corrected chi connectivity index (χ0v) is 11.8. The van der Waals surface area contributed by atoms with Crippen molar-refractivity contribution < 1.29 is 23.4 Å². The molecule has 2 N–H and O–H groups in total. The van der Waals surface area contributed by atoms with E-state index in [4.69, 9.17) is 10.2 Å². The molecule has 0 aromatic carbocycles. The number of hydrogen-bond acceptors (Lipinski definition) is 5. The number of carboxylic acid groups (broad SMARTS) is 1. The zero-order chi connectivity index (χ0) is 14.0. The molecule has 1 aromatic rings. The van der Waals surface area contributed by atoms with E-state index in [9.17, 15) is 13.2 Å². The maximum atomic E-state index is 12.4. The van der Waals surface area contributed by atoms with Crippen LogP contribution in [-0.4, -0.2) is 48.6 Å². The number of hydrogen-bond donors (Lipinski definition) is 2. The van der Waals surface area contributed by atoms with Gasteiger partial charge in [0.15, 0.2) is 0 Å². The Morgan fingerprint density at radius 1 is 1.53 bits per heavy atom. The lowest BCUT2D eigenvalue weighted by Gasteiger charge is -2.30. The van der Waals surface area contributed by atoms with Crippen LogP contribution in [0, 0.1) is 5.92 Å². The third-order valence-corrected chi connectivity index (χ3v) is 6.12. The summed E-state index contributed by atoms with van der Waals surface area (Å²) in [6, 6.07) is 1.33. The van der Waals surface area contributed by atoms with Crippen LogP contribution in [0.5, 0.6) is 0 Å². The molecular weight excluding hydrogens is 290 g/mol. The molecular formula is C11H15NO5S2. The maximum Gasteiger partial charge on any atom is 0.347 e. The van der Waals surface area contributed by atoms with E-state index in [0.717, 1.165) is 17.8 Å². The topological polar surface area (TPSA) is 94.9 Å². The Balaban J connectivity index is 2.31. The highest BCUT2D eigenvalue weighted by Crippen LogP contribution is 2.28. The van der Waals surface area contributed by atoms with Crippen molar-refractivity contribution in [1.82, 2.24) is 4.31 Å². The van der Waals surface area contributed by atoms with E-state index in [1.165, 1.54) is 15.8 Å². The molecule has 1 unspecified atom stereocenters. The molecule has 2 heterocycles. The van der Waals surface area contributed by atoms with Crippen molar-refractivity contribution in [3.8, 4) is 0 Å². The number of sulfonamides is 1. The van der Waals surface area contributed by atoms with Gasteiger partial charge in [0.05, 0.1) is 0 Å². The van der Waals surface area contributed by atoms with Crippen LogP contribution in [0.15, 0.2) is 16.3 Å². The third-order valence-electron chi connectivity index (χ3n) is 3.18. The number of aliphatic hydroxyl groups excluding tert-OH is 1. The van der Waals surface area contributed by atoms with Gasteiger partial charge in [-0.25, -0.2) is 13.2 Å². The Labute approximate surface area is 115 Å². The summed E-state index contributed by atoms with van der Waals surface area (Å²) in [7, 11) is -3.79. The Hall–Kier alpha value is -0.960. The Morgan fingerprint density at radius 3 is 2.89 bits per heavy atom. The van der Waals surface area contributed by atoms with Crippen molar-refractivity contribution in [2.24, 2.45) is 5.92 Å². The fourth-order valence-electron chi connectivity index (χ4n) is 2.19. The van der Waals surface area contributed by atoms with Gasteiger partial charge in [-0.15, -0.1) is 11.3 Å². The number of aromatic carboxylic acids is 1. The molecule has 1 aromatic heterocycles. The minimum absolute atomic E-state index is 0.0541. The van der Waals surface area contributed by atoms with Crippen LogP contribution in [0.4, 0.5) is 0 Å². The summed E-state index contributed by atoms with van der Waals surface area (Å²) in [5.41, 5.74) is 0. The highest BCUT2D eigenvalue weighted by atomic mass is 32.2. The van der Waals surface area contributed by atoms with Crippen molar-refractivity contribution in [1.29, 1.82) is 0 Å². The molecule has 0 saturated carbocycles. The van der Waals surface area contributed by atoms with E-state index in [2.05, 4.69) is 0 Å². The van der Waals surface area contributed by atoms with Crippen molar-refractivity contribution in [3.63, 3.8) is 0 Å². The highest BCUT2D eigenvalue weighted by Gasteiger charge is 2.33. The van der Waals surface area contributed by atoms with Crippen molar-refractivity contribution in [2.45, 2.75) is 17.7 Å². The number of piperidine rings is 1. The Kier molecular flexibility index (Phi) is 4.24. The minimum Gasteiger partial charge on any atom is -0.477 e. The molecule has 1 fully saturated rings. The second-order valence-electron chi connectivity index (χ2n) is 4.47. The van der Waals surface area contributed by atoms with Gasteiger partial charge in [-0.2, -0.15) is 4.31 Å². The summed E-state index contributed by atoms with van der Waals surface area (Å²) in [5.74, 6) is -1.31. The van der Waals surface area contributed by atoms with E-state index in [1.807, 2.05) is 0 Å². The summed E-state index contributed by atoms with van der Waals surface area (Å²) in [6.07, 6.45) is 1.47. The Bertz CT molecular complexity index is 565. The van der Waals surface area contributed by atoms with E-state index in [-0.39, 0.29) is 28.8 Å². The standard InChI is InChI=1S/C11H15NO5S2/c13-7-8-2-1-4-12(6-8)19(16,17)9-3-5-18-10(9)11(14)15/h3,5,8,13H,1-2,4,6-7H2,(H,14,15). The molecule has 1 aliphatic heterocycles. The predicted octanol–water partition coefficient (Wildman–Crippen LogP) is 0.839. The number of rotatable bonds is 4. The minimum atomic E-state index is -3.79. The van der Waals surface area contributed by atoms with Crippen LogP contribution in [0.2, 0.25) is 0 Å². The molecule has 19 heavy (non-hydrogen) atoms. The number of nitrogens with zero attached hydrogens (tertiary/aromatic N) is 1. The van der Waals surface area contributed by atoms with Crippen LogP contribution in [0.1, 0.15) is 22.5 Å². The van der Waals surface area contributed by atoms with Crippen LogP contribution in [0.3, 0.4) is 0 Å². The van der Waals surface area contributed by atoms with Gasteiger partial charge in [-0.3, -0.25) is 0 Å². The Morgan fingerprint density at radius 2 is 2.26 bits per heavy atom. The van der Waals surface area contributed by atoms with Gasteiger partial charge in [0, 0.05) is 19.7 Å². The number of carbonyl (C=O) groups is 1. The van der Waals surface area contributed by atoms with Gasteiger partial charge >= 0.3 is 5.97 Å². The molecule has 1 saturated heterocycles. The SMILES string of the molecule is O=C(O)c1sccc1S(=O)(=O)N1CCCC(CO)C1. The first-order chi connectivity index (χ1) is 8.96. The van der Waals surface area contributed by atoms with E-state index in [0.29, 0.717) is 13.0 Å². The normalized spacial score (nSPS) is 21.4. The van der Waals surface area contributed by atoms with Gasteiger partial charge in [-0.1, -0.05) is 0 Å². The highest BCUT2D eigenvalue weighted by molar-refractivity contribution is 7.89. The molecule has 1 aliphatic rings. The monoisotopic (exact) mass is 305 g/mol. The first-order valence-corrected chi connectivity index (χ1v) is 8.20. The van der Waals surface area contributed by atoms with Crippen LogP contribution in [-0.2, 0) is 10.0 Å². The predicted molar refractivity (Wildman–Crippen MR) is 69.8 cm³/mol. The molecule has 0 aliphatic carbocycles. The van der Waals surface area contributed by atoms with E-state index in [1.54, 1.807) is 0 Å². The summed E-state index contributed by atoms with van der Waals surface area (Å²) in [5, 5.41) is 19.6. The molecule has 6 nitrogen and oxygen atoms in total. The summed E-state index contributed by atoms with van der Waals surface area (Å²) < 4.78 is 26.1. The smallest absolute Gasteiger partial charge is 0.347 e. The zero-order valence-electron chi connectivity index (χ0n) is 10.2.